The highest BCUT2D eigenvalue weighted by Gasteiger charge is 2.40. The Labute approximate surface area is 118 Å². The molecule has 1 aliphatic heterocycles. The van der Waals surface area contributed by atoms with Crippen molar-refractivity contribution in [3.05, 3.63) is 29.8 Å². The molecule has 1 aromatic carbocycles. The molecular formula is C15H20N2O3. The van der Waals surface area contributed by atoms with E-state index in [2.05, 4.69) is 5.32 Å². The van der Waals surface area contributed by atoms with Crippen molar-refractivity contribution in [2.24, 2.45) is 0 Å². The average Bonchev–Trinajstić information content (AvgIpc) is 2.82. The summed E-state index contributed by atoms with van der Waals surface area (Å²) in [5, 5.41) is 12.5. The highest BCUT2D eigenvalue weighted by Crippen LogP contribution is 2.27. The Balaban J connectivity index is 2.18. The van der Waals surface area contributed by atoms with E-state index < -0.39 is 11.5 Å². The normalized spacial score (nSPS) is 17.2. The summed E-state index contributed by atoms with van der Waals surface area (Å²) in [6.45, 7) is 5.27. The van der Waals surface area contributed by atoms with E-state index >= 15 is 0 Å². The first-order valence-electron chi connectivity index (χ1n) is 6.77. The van der Waals surface area contributed by atoms with Crippen molar-refractivity contribution >= 4 is 17.6 Å². The second-order valence-electron chi connectivity index (χ2n) is 5.50. The van der Waals surface area contributed by atoms with E-state index in [1.807, 2.05) is 24.3 Å². The Bertz CT molecular complexity index is 515. The summed E-state index contributed by atoms with van der Waals surface area (Å²) in [7, 11) is 0. The van der Waals surface area contributed by atoms with Crippen LogP contribution in [0.15, 0.2) is 24.3 Å². The molecule has 0 bridgehead atoms. The predicted molar refractivity (Wildman–Crippen MR) is 76.7 cm³/mol. The molecule has 5 nitrogen and oxygen atoms in total. The van der Waals surface area contributed by atoms with Crippen LogP contribution in [0.1, 0.15) is 26.3 Å². The quantitative estimate of drug-likeness (QED) is 0.878. The van der Waals surface area contributed by atoms with Gasteiger partial charge in [0.15, 0.2) is 0 Å². The zero-order valence-electron chi connectivity index (χ0n) is 12.0. The molecule has 1 aliphatic rings. The molecule has 0 aliphatic carbocycles. The Morgan fingerprint density at radius 3 is 2.60 bits per heavy atom. The molecule has 1 aromatic rings. The number of benzene rings is 1. The van der Waals surface area contributed by atoms with Gasteiger partial charge in [-0.25, -0.2) is 4.79 Å². The lowest BCUT2D eigenvalue weighted by molar-refractivity contribution is -0.157. The van der Waals surface area contributed by atoms with Gasteiger partial charge in [0.25, 0.3) is 0 Å². The minimum absolute atomic E-state index is 0.170. The molecule has 2 rings (SSSR count). The number of nitrogens with one attached hydrogen (secondary N) is 1. The molecule has 5 heteroatoms. The second-order valence-corrected chi connectivity index (χ2v) is 5.50. The minimum Gasteiger partial charge on any atom is -0.480 e. The number of fused-ring (bicyclic) bond motifs is 1. The summed E-state index contributed by atoms with van der Waals surface area (Å²) in [6.07, 6.45) is 0.598. The molecule has 0 saturated heterocycles. The maximum Gasteiger partial charge on any atom is 0.329 e. The van der Waals surface area contributed by atoms with Crippen LogP contribution in [0.4, 0.5) is 5.69 Å². The maximum absolute atomic E-state index is 12.6. The van der Waals surface area contributed by atoms with Gasteiger partial charge in [0, 0.05) is 18.7 Å². The molecule has 2 N–H and O–H groups in total. The van der Waals surface area contributed by atoms with E-state index in [9.17, 15) is 14.7 Å². The Morgan fingerprint density at radius 2 is 2.05 bits per heavy atom. The van der Waals surface area contributed by atoms with Gasteiger partial charge in [0.1, 0.15) is 11.6 Å². The van der Waals surface area contributed by atoms with Gasteiger partial charge in [-0.15, -0.1) is 0 Å². The third kappa shape index (κ3) is 2.35. The van der Waals surface area contributed by atoms with Crippen LogP contribution in [-0.2, 0) is 16.0 Å². The SMILES string of the molecule is CCN(C(=O)[C@@H]1Cc2ccccc2N1)C(C)(C)C(=O)O. The third-order valence-corrected chi connectivity index (χ3v) is 3.85. The maximum atomic E-state index is 12.6. The second kappa shape index (κ2) is 5.15. The largest absolute Gasteiger partial charge is 0.480 e. The van der Waals surface area contributed by atoms with E-state index in [0.29, 0.717) is 13.0 Å². The van der Waals surface area contributed by atoms with Gasteiger partial charge < -0.3 is 15.3 Å². The van der Waals surface area contributed by atoms with Gasteiger partial charge in [-0.1, -0.05) is 18.2 Å². The summed E-state index contributed by atoms with van der Waals surface area (Å²) in [6, 6.07) is 7.38. The summed E-state index contributed by atoms with van der Waals surface area (Å²) in [5.41, 5.74) is 0.840. The lowest BCUT2D eigenvalue weighted by Gasteiger charge is -2.36. The molecule has 0 aromatic heterocycles. The Kier molecular flexibility index (Phi) is 3.70. The van der Waals surface area contributed by atoms with E-state index in [1.54, 1.807) is 20.8 Å². The number of carboxylic acid groups (broad SMARTS) is 1. The fraction of sp³-hybridized carbons (Fsp3) is 0.467. The Hall–Kier alpha value is -2.04. The summed E-state index contributed by atoms with van der Waals surface area (Å²) in [5.74, 6) is -1.17. The van der Waals surface area contributed by atoms with Crippen molar-refractivity contribution < 1.29 is 14.7 Å². The fourth-order valence-corrected chi connectivity index (χ4v) is 2.58. The molecule has 1 atom stereocenters. The number of amides is 1. The van der Waals surface area contributed by atoms with Gasteiger partial charge >= 0.3 is 5.97 Å². The first kappa shape index (κ1) is 14.4. The van der Waals surface area contributed by atoms with Crippen LogP contribution in [0.2, 0.25) is 0 Å². The molecule has 20 heavy (non-hydrogen) atoms. The first-order valence-corrected chi connectivity index (χ1v) is 6.77. The molecule has 0 radical (unpaired) electrons. The van der Waals surface area contributed by atoms with E-state index in [4.69, 9.17) is 0 Å². The van der Waals surface area contributed by atoms with Crippen LogP contribution in [0.5, 0.6) is 0 Å². The van der Waals surface area contributed by atoms with Crippen LogP contribution < -0.4 is 5.32 Å². The molecule has 0 fully saturated rings. The molecule has 0 unspecified atom stereocenters. The lowest BCUT2D eigenvalue weighted by Crippen LogP contribution is -2.56. The van der Waals surface area contributed by atoms with Gasteiger partial charge in [-0.2, -0.15) is 0 Å². The van der Waals surface area contributed by atoms with E-state index in [1.165, 1.54) is 4.90 Å². The number of carbonyl (C=O) groups is 2. The van der Waals surface area contributed by atoms with Crippen molar-refractivity contribution in [2.45, 2.75) is 38.8 Å². The van der Waals surface area contributed by atoms with Crippen molar-refractivity contribution in [3.8, 4) is 0 Å². The monoisotopic (exact) mass is 276 g/mol. The number of carboxylic acids is 1. The summed E-state index contributed by atoms with van der Waals surface area (Å²) in [4.78, 5) is 25.4. The number of rotatable bonds is 4. The van der Waals surface area contributed by atoms with Crippen molar-refractivity contribution in [3.63, 3.8) is 0 Å². The van der Waals surface area contributed by atoms with E-state index in [-0.39, 0.29) is 11.9 Å². The molecular weight excluding hydrogens is 256 g/mol. The molecule has 0 saturated carbocycles. The minimum atomic E-state index is -1.21. The van der Waals surface area contributed by atoms with Crippen molar-refractivity contribution in [1.29, 1.82) is 0 Å². The summed E-state index contributed by atoms with van der Waals surface area (Å²) < 4.78 is 0. The molecule has 1 heterocycles. The number of carbonyl (C=O) groups excluding carboxylic acids is 1. The molecule has 1 amide bonds. The van der Waals surface area contributed by atoms with Crippen molar-refractivity contribution in [1.82, 2.24) is 4.90 Å². The van der Waals surface area contributed by atoms with Crippen LogP contribution in [-0.4, -0.2) is 40.0 Å². The number of hydrogen-bond donors (Lipinski definition) is 2. The fourth-order valence-electron chi connectivity index (χ4n) is 2.58. The number of hydrogen-bond acceptors (Lipinski definition) is 3. The number of nitrogens with zero attached hydrogens (tertiary/aromatic N) is 1. The van der Waals surface area contributed by atoms with Gasteiger partial charge in [-0.3, -0.25) is 4.79 Å². The average molecular weight is 276 g/mol. The zero-order valence-corrected chi connectivity index (χ0v) is 12.0. The van der Waals surface area contributed by atoms with Crippen LogP contribution in [0, 0.1) is 0 Å². The number of anilines is 1. The van der Waals surface area contributed by atoms with Crippen LogP contribution in [0.3, 0.4) is 0 Å². The van der Waals surface area contributed by atoms with Gasteiger partial charge in [0.2, 0.25) is 5.91 Å². The highest BCUT2D eigenvalue weighted by molar-refractivity contribution is 5.92. The lowest BCUT2D eigenvalue weighted by atomic mass is 10.0. The Morgan fingerprint density at radius 1 is 1.40 bits per heavy atom. The van der Waals surface area contributed by atoms with Crippen LogP contribution in [0.25, 0.3) is 0 Å². The number of likely N-dealkylation sites (N-methyl/N-ethyl adjacent to an activating group) is 1. The van der Waals surface area contributed by atoms with E-state index in [0.717, 1.165) is 11.3 Å². The standard InChI is InChI=1S/C15H20N2O3/c1-4-17(15(2,3)14(19)20)13(18)12-9-10-7-5-6-8-11(10)16-12/h5-8,12,16H,4,9H2,1-3H3,(H,19,20)/t12-/m0/s1. The molecule has 0 spiro atoms. The predicted octanol–water partition coefficient (Wildman–Crippen LogP) is 1.73. The topological polar surface area (TPSA) is 69.6 Å². The third-order valence-electron chi connectivity index (χ3n) is 3.85. The summed E-state index contributed by atoms with van der Waals surface area (Å²) >= 11 is 0. The number of aliphatic carboxylic acids is 1. The molecule has 108 valence electrons. The zero-order chi connectivity index (χ0) is 14.9. The van der Waals surface area contributed by atoms with Crippen molar-refractivity contribution in [2.75, 3.05) is 11.9 Å². The highest BCUT2D eigenvalue weighted by atomic mass is 16.4. The number of para-hydroxylation sites is 1. The first-order chi connectivity index (χ1) is 9.37. The smallest absolute Gasteiger partial charge is 0.329 e. The van der Waals surface area contributed by atoms with Crippen LogP contribution >= 0.6 is 0 Å². The van der Waals surface area contributed by atoms with Gasteiger partial charge in [-0.05, 0) is 32.4 Å². The van der Waals surface area contributed by atoms with Gasteiger partial charge in [0.05, 0.1) is 0 Å².